The van der Waals surface area contributed by atoms with Gasteiger partial charge < -0.3 is 9.67 Å². The molecule has 0 saturated carbocycles. The van der Waals surface area contributed by atoms with E-state index in [1.807, 2.05) is 30.3 Å². The van der Waals surface area contributed by atoms with Crippen LogP contribution >= 0.6 is 0 Å². The number of sulfonamides is 1. The van der Waals surface area contributed by atoms with Gasteiger partial charge in [-0.15, -0.1) is 0 Å². The number of nitrogens with zero attached hydrogens (tertiary/aromatic N) is 1. The van der Waals surface area contributed by atoms with Gasteiger partial charge in [-0.05, 0) is 11.6 Å². The minimum absolute atomic E-state index is 0.162. The third-order valence-electron chi connectivity index (χ3n) is 2.86. The van der Waals surface area contributed by atoms with Gasteiger partial charge in [0, 0.05) is 25.5 Å². The summed E-state index contributed by atoms with van der Waals surface area (Å²) in [7, 11) is -1.86. The van der Waals surface area contributed by atoms with Crippen molar-refractivity contribution in [3.63, 3.8) is 0 Å². The minimum Gasteiger partial charge on any atom is -0.390 e. The predicted molar refractivity (Wildman–Crippen MR) is 71.8 cm³/mol. The van der Waals surface area contributed by atoms with Crippen molar-refractivity contribution in [1.29, 1.82) is 0 Å². The van der Waals surface area contributed by atoms with E-state index in [2.05, 4.69) is 4.72 Å². The molecule has 0 fully saturated rings. The lowest BCUT2D eigenvalue weighted by atomic mass is 10.2. The minimum atomic E-state index is -3.55. The first-order chi connectivity index (χ1) is 9.03. The summed E-state index contributed by atoms with van der Waals surface area (Å²) < 4.78 is 28.3. The molecule has 0 spiro atoms. The van der Waals surface area contributed by atoms with Crippen LogP contribution in [-0.4, -0.2) is 18.1 Å². The molecule has 0 aliphatic carbocycles. The molecule has 0 unspecified atom stereocenters. The van der Waals surface area contributed by atoms with Crippen LogP contribution in [0.1, 0.15) is 11.3 Å². The van der Waals surface area contributed by atoms with E-state index in [1.165, 1.54) is 12.3 Å². The summed E-state index contributed by atoms with van der Waals surface area (Å²) in [5.41, 5.74) is 1.45. The molecule has 2 rings (SSSR count). The van der Waals surface area contributed by atoms with Gasteiger partial charge in [0.05, 0.1) is 11.5 Å². The molecule has 102 valence electrons. The number of hydrogen-bond donors (Lipinski definition) is 2. The number of rotatable bonds is 5. The molecule has 0 radical (unpaired) electrons. The highest BCUT2D eigenvalue weighted by molar-refractivity contribution is 7.89. The van der Waals surface area contributed by atoms with Crippen molar-refractivity contribution in [3.05, 3.63) is 53.9 Å². The molecule has 0 saturated heterocycles. The van der Waals surface area contributed by atoms with Crippen molar-refractivity contribution in [3.8, 4) is 0 Å². The lowest BCUT2D eigenvalue weighted by molar-refractivity contribution is 0.272. The average molecular weight is 280 g/mol. The van der Waals surface area contributed by atoms with Crippen LogP contribution in [0.3, 0.4) is 0 Å². The second kappa shape index (κ2) is 5.56. The Morgan fingerprint density at radius 1 is 1.26 bits per heavy atom. The molecule has 0 aliphatic heterocycles. The van der Waals surface area contributed by atoms with Gasteiger partial charge in [0.1, 0.15) is 0 Å². The van der Waals surface area contributed by atoms with E-state index in [4.69, 9.17) is 5.11 Å². The zero-order chi connectivity index (χ0) is 13.9. The van der Waals surface area contributed by atoms with Crippen LogP contribution in [0.15, 0.2) is 47.5 Å². The zero-order valence-corrected chi connectivity index (χ0v) is 11.4. The van der Waals surface area contributed by atoms with E-state index < -0.39 is 10.0 Å². The molecule has 0 bridgehead atoms. The van der Waals surface area contributed by atoms with E-state index in [-0.39, 0.29) is 18.0 Å². The van der Waals surface area contributed by atoms with Gasteiger partial charge in [0.25, 0.3) is 0 Å². The molecule has 2 aromatic rings. The highest BCUT2D eigenvalue weighted by atomic mass is 32.2. The van der Waals surface area contributed by atoms with E-state index in [0.717, 1.165) is 5.56 Å². The molecule has 1 heterocycles. The number of nitrogens with one attached hydrogen (secondary N) is 1. The second-order valence-corrected chi connectivity index (χ2v) is 6.01. The molecule has 0 aliphatic rings. The molecule has 0 atom stereocenters. The second-order valence-electron chi connectivity index (χ2n) is 4.25. The van der Waals surface area contributed by atoms with Crippen molar-refractivity contribution in [2.24, 2.45) is 7.05 Å². The van der Waals surface area contributed by atoms with E-state index >= 15 is 0 Å². The molecule has 1 aromatic heterocycles. The Morgan fingerprint density at radius 3 is 2.53 bits per heavy atom. The van der Waals surface area contributed by atoms with Crippen molar-refractivity contribution in [2.45, 2.75) is 18.0 Å². The Bertz CT molecular complexity index is 648. The summed E-state index contributed by atoms with van der Waals surface area (Å²) in [6.45, 7) is 0.0528. The van der Waals surface area contributed by atoms with Gasteiger partial charge >= 0.3 is 0 Å². The maximum atomic E-state index is 12.1. The number of aromatic nitrogens is 1. The smallest absolute Gasteiger partial charge is 0.242 e. The molecule has 5 nitrogen and oxygen atoms in total. The Balaban J connectivity index is 2.14. The molecular formula is C13H16N2O3S. The Hall–Kier alpha value is -1.63. The van der Waals surface area contributed by atoms with Gasteiger partial charge in [-0.2, -0.15) is 0 Å². The summed E-state index contributed by atoms with van der Waals surface area (Å²) in [6.07, 6.45) is 1.48. The van der Waals surface area contributed by atoms with Gasteiger partial charge in [-0.1, -0.05) is 30.3 Å². The summed E-state index contributed by atoms with van der Waals surface area (Å²) >= 11 is 0. The number of aliphatic hydroxyl groups is 1. The van der Waals surface area contributed by atoms with Gasteiger partial charge in [-0.25, -0.2) is 13.1 Å². The summed E-state index contributed by atoms with van der Waals surface area (Å²) in [5.74, 6) is 0. The molecule has 1 aromatic carbocycles. The normalized spacial score (nSPS) is 11.7. The van der Waals surface area contributed by atoms with Crippen LogP contribution in [0, 0.1) is 0 Å². The van der Waals surface area contributed by atoms with Crippen LogP contribution in [-0.2, 0) is 30.2 Å². The average Bonchev–Trinajstić information content (AvgIpc) is 2.80. The van der Waals surface area contributed by atoms with Crippen molar-refractivity contribution in [2.75, 3.05) is 0 Å². The zero-order valence-electron chi connectivity index (χ0n) is 10.6. The lowest BCUT2D eigenvalue weighted by Gasteiger charge is -2.04. The fraction of sp³-hybridized carbons (Fsp3) is 0.231. The first kappa shape index (κ1) is 13.8. The first-order valence-corrected chi connectivity index (χ1v) is 7.31. The first-order valence-electron chi connectivity index (χ1n) is 5.82. The van der Waals surface area contributed by atoms with Crippen LogP contribution in [0.2, 0.25) is 0 Å². The highest BCUT2D eigenvalue weighted by Crippen LogP contribution is 2.13. The Morgan fingerprint density at radius 2 is 1.95 bits per heavy atom. The van der Waals surface area contributed by atoms with Crippen molar-refractivity contribution in [1.82, 2.24) is 9.29 Å². The molecule has 19 heavy (non-hydrogen) atoms. The van der Waals surface area contributed by atoms with Gasteiger partial charge in [-0.3, -0.25) is 0 Å². The maximum Gasteiger partial charge on any atom is 0.242 e. The number of aryl methyl sites for hydroxylation is 1. The summed E-state index contributed by atoms with van der Waals surface area (Å²) in [5, 5.41) is 9.07. The van der Waals surface area contributed by atoms with Crippen LogP contribution in [0.25, 0.3) is 0 Å². The van der Waals surface area contributed by atoms with E-state index in [0.29, 0.717) is 5.69 Å². The number of hydrogen-bond acceptors (Lipinski definition) is 3. The molecular weight excluding hydrogens is 264 g/mol. The third kappa shape index (κ3) is 3.23. The summed E-state index contributed by atoms with van der Waals surface area (Å²) in [6, 6.07) is 10.8. The topological polar surface area (TPSA) is 71.3 Å². The fourth-order valence-corrected chi connectivity index (χ4v) is 2.85. The molecule has 2 N–H and O–H groups in total. The number of benzene rings is 1. The highest BCUT2D eigenvalue weighted by Gasteiger charge is 2.16. The fourth-order valence-electron chi connectivity index (χ4n) is 1.74. The van der Waals surface area contributed by atoms with Gasteiger partial charge in [0.2, 0.25) is 10.0 Å². The Kier molecular flexibility index (Phi) is 4.04. The van der Waals surface area contributed by atoms with Crippen LogP contribution in [0.4, 0.5) is 0 Å². The van der Waals surface area contributed by atoms with E-state index in [1.54, 1.807) is 11.6 Å². The number of aliphatic hydroxyl groups excluding tert-OH is 1. The van der Waals surface area contributed by atoms with Crippen LogP contribution < -0.4 is 4.72 Å². The quantitative estimate of drug-likeness (QED) is 0.858. The van der Waals surface area contributed by atoms with Crippen molar-refractivity contribution >= 4 is 10.0 Å². The lowest BCUT2D eigenvalue weighted by Crippen LogP contribution is -2.22. The third-order valence-corrected chi connectivity index (χ3v) is 4.23. The monoisotopic (exact) mass is 280 g/mol. The molecule has 6 heteroatoms. The Labute approximate surface area is 112 Å². The SMILES string of the molecule is Cn1cc(S(=O)(=O)NCc2ccccc2)cc1CO. The summed E-state index contributed by atoms with van der Waals surface area (Å²) in [4.78, 5) is 0.162. The van der Waals surface area contributed by atoms with Crippen molar-refractivity contribution < 1.29 is 13.5 Å². The standard InChI is InChI=1S/C13H16N2O3S/c1-15-9-13(7-12(15)10-16)19(17,18)14-8-11-5-3-2-4-6-11/h2-7,9,14,16H,8,10H2,1H3. The molecule has 0 amide bonds. The van der Waals surface area contributed by atoms with Gasteiger partial charge in [0.15, 0.2) is 0 Å². The largest absolute Gasteiger partial charge is 0.390 e. The predicted octanol–water partition coefficient (Wildman–Crippen LogP) is 0.996. The maximum absolute atomic E-state index is 12.1. The van der Waals surface area contributed by atoms with E-state index in [9.17, 15) is 8.42 Å². The van der Waals surface area contributed by atoms with Crippen LogP contribution in [0.5, 0.6) is 0 Å².